The van der Waals surface area contributed by atoms with Gasteiger partial charge in [-0.25, -0.2) is 26.6 Å². The zero-order chi connectivity index (χ0) is 22.1. The maximum Gasteiger partial charge on any atom is 0.244 e. The number of imidazole rings is 1. The van der Waals surface area contributed by atoms with Crippen LogP contribution in [0.5, 0.6) is 11.5 Å². The average Bonchev–Trinajstić information content (AvgIpc) is 3.15. The molecule has 0 aliphatic rings. The van der Waals surface area contributed by atoms with Gasteiger partial charge in [-0.05, 0) is 29.8 Å². The van der Waals surface area contributed by atoms with E-state index in [1.807, 2.05) is 0 Å². The monoisotopic (exact) mass is 441 g/mol. The van der Waals surface area contributed by atoms with Crippen LogP contribution >= 0.6 is 0 Å². The molecule has 0 saturated carbocycles. The van der Waals surface area contributed by atoms with Gasteiger partial charge in [0.15, 0.2) is 17.5 Å². The number of hydrogen-bond acceptors (Lipinski definition) is 5. The van der Waals surface area contributed by atoms with E-state index < -0.39 is 38.4 Å². The van der Waals surface area contributed by atoms with E-state index in [9.17, 15) is 21.6 Å². The van der Waals surface area contributed by atoms with Crippen LogP contribution in [0.2, 0.25) is 0 Å². The second-order valence-corrected chi connectivity index (χ2v) is 7.95. The molecule has 0 aliphatic carbocycles. The Bertz CT molecular complexity index is 1160. The van der Waals surface area contributed by atoms with E-state index in [2.05, 4.69) is 9.71 Å². The van der Waals surface area contributed by atoms with Crippen LogP contribution in [-0.2, 0) is 17.1 Å². The maximum absolute atomic E-state index is 14.2. The van der Waals surface area contributed by atoms with Gasteiger partial charge in [0.25, 0.3) is 0 Å². The van der Waals surface area contributed by atoms with Crippen LogP contribution in [0.15, 0.2) is 47.6 Å². The van der Waals surface area contributed by atoms with Crippen molar-refractivity contribution >= 4 is 10.0 Å². The highest BCUT2D eigenvalue weighted by molar-refractivity contribution is 7.89. The van der Waals surface area contributed by atoms with Gasteiger partial charge < -0.3 is 14.0 Å². The summed E-state index contributed by atoms with van der Waals surface area (Å²) < 4.78 is 81.1. The van der Waals surface area contributed by atoms with Crippen LogP contribution in [0, 0.1) is 17.5 Å². The van der Waals surface area contributed by atoms with E-state index in [0.717, 1.165) is 0 Å². The number of benzene rings is 2. The molecule has 2 aromatic carbocycles. The average molecular weight is 441 g/mol. The van der Waals surface area contributed by atoms with Crippen molar-refractivity contribution in [2.45, 2.75) is 10.9 Å². The van der Waals surface area contributed by atoms with Gasteiger partial charge in [0.05, 0.1) is 14.2 Å². The highest BCUT2D eigenvalue weighted by Crippen LogP contribution is 2.31. The lowest BCUT2D eigenvalue weighted by Crippen LogP contribution is -2.32. The Morgan fingerprint density at radius 1 is 1.03 bits per heavy atom. The van der Waals surface area contributed by atoms with E-state index in [0.29, 0.717) is 29.2 Å². The molecule has 0 radical (unpaired) electrons. The molecule has 0 saturated heterocycles. The van der Waals surface area contributed by atoms with Gasteiger partial charge in [-0.1, -0.05) is 0 Å². The summed E-state index contributed by atoms with van der Waals surface area (Å²) in [6, 6.07) is 4.75. The molecule has 3 aromatic rings. The molecule has 0 bridgehead atoms. The van der Waals surface area contributed by atoms with Gasteiger partial charge in [-0.3, -0.25) is 0 Å². The first-order valence-corrected chi connectivity index (χ1v) is 10.0. The van der Waals surface area contributed by atoms with Crippen LogP contribution in [0.4, 0.5) is 13.2 Å². The highest BCUT2D eigenvalue weighted by Gasteiger charge is 2.30. The van der Waals surface area contributed by atoms with Crippen LogP contribution in [0.3, 0.4) is 0 Å². The quantitative estimate of drug-likeness (QED) is 0.570. The normalized spacial score (nSPS) is 12.6. The molecule has 0 fully saturated rings. The predicted molar refractivity (Wildman–Crippen MR) is 101 cm³/mol. The Balaban J connectivity index is 2.14. The Kier molecular flexibility index (Phi) is 6.04. The predicted octanol–water partition coefficient (Wildman–Crippen LogP) is 2.92. The summed E-state index contributed by atoms with van der Waals surface area (Å²) >= 11 is 0. The number of hydrogen-bond donors (Lipinski definition) is 1. The van der Waals surface area contributed by atoms with Crippen molar-refractivity contribution in [2.75, 3.05) is 14.2 Å². The molecular formula is C19H18F3N3O4S. The number of ether oxygens (including phenoxy) is 2. The van der Waals surface area contributed by atoms with Crippen LogP contribution < -0.4 is 14.2 Å². The number of halogens is 3. The zero-order valence-corrected chi connectivity index (χ0v) is 17.0. The molecule has 3 rings (SSSR count). The lowest BCUT2D eigenvalue weighted by molar-refractivity contribution is 0.392. The minimum Gasteiger partial charge on any atom is -0.497 e. The van der Waals surface area contributed by atoms with Crippen molar-refractivity contribution in [1.82, 2.24) is 14.3 Å². The van der Waals surface area contributed by atoms with Crippen molar-refractivity contribution in [2.24, 2.45) is 7.05 Å². The third kappa shape index (κ3) is 4.12. The first-order chi connectivity index (χ1) is 14.2. The van der Waals surface area contributed by atoms with Gasteiger partial charge in [-0.2, -0.15) is 4.72 Å². The fourth-order valence-corrected chi connectivity index (χ4v) is 4.11. The van der Waals surface area contributed by atoms with E-state index in [1.54, 1.807) is 36.0 Å². The topological polar surface area (TPSA) is 82.4 Å². The summed E-state index contributed by atoms with van der Waals surface area (Å²) in [6.45, 7) is 0. The zero-order valence-electron chi connectivity index (χ0n) is 16.2. The SMILES string of the molecule is COc1cc(OC)cc(C(NS(=O)(=O)c2ccc(F)c(F)c2F)c2nccn2C)c1. The van der Waals surface area contributed by atoms with E-state index >= 15 is 0 Å². The van der Waals surface area contributed by atoms with E-state index in [1.165, 1.54) is 20.4 Å². The molecule has 1 heterocycles. The second-order valence-electron chi connectivity index (χ2n) is 6.27. The number of rotatable bonds is 7. The summed E-state index contributed by atoms with van der Waals surface area (Å²) in [5.41, 5.74) is 0.368. The Morgan fingerprint density at radius 3 is 2.20 bits per heavy atom. The molecule has 11 heteroatoms. The lowest BCUT2D eigenvalue weighted by Gasteiger charge is -2.21. The molecule has 0 amide bonds. The van der Waals surface area contributed by atoms with Crippen molar-refractivity contribution in [1.29, 1.82) is 0 Å². The third-order valence-electron chi connectivity index (χ3n) is 4.39. The number of aryl methyl sites for hydroxylation is 1. The minimum atomic E-state index is -4.63. The van der Waals surface area contributed by atoms with Crippen LogP contribution in [-0.4, -0.2) is 32.2 Å². The Labute approximate surface area is 171 Å². The summed E-state index contributed by atoms with van der Waals surface area (Å²) in [5.74, 6) is -4.18. The number of aromatic nitrogens is 2. The summed E-state index contributed by atoms with van der Waals surface area (Å²) in [4.78, 5) is 3.13. The molecule has 1 atom stereocenters. The molecule has 7 nitrogen and oxygen atoms in total. The maximum atomic E-state index is 14.2. The second kappa shape index (κ2) is 8.36. The first-order valence-electron chi connectivity index (χ1n) is 8.54. The Morgan fingerprint density at radius 2 is 1.67 bits per heavy atom. The molecule has 1 aromatic heterocycles. The molecular weight excluding hydrogens is 423 g/mol. The number of nitrogens with one attached hydrogen (secondary N) is 1. The van der Waals surface area contributed by atoms with Crippen molar-refractivity contribution in [3.8, 4) is 11.5 Å². The summed E-state index contributed by atoms with van der Waals surface area (Å²) in [7, 11) is -0.137. The number of methoxy groups -OCH3 is 2. The number of sulfonamides is 1. The van der Waals surface area contributed by atoms with Crippen molar-refractivity contribution < 1.29 is 31.1 Å². The van der Waals surface area contributed by atoms with Crippen molar-refractivity contribution in [3.05, 3.63) is 71.6 Å². The summed E-state index contributed by atoms with van der Waals surface area (Å²) in [5, 5.41) is 0. The fourth-order valence-electron chi connectivity index (χ4n) is 2.86. The van der Waals surface area contributed by atoms with Crippen LogP contribution in [0.25, 0.3) is 0 Å². The van der Waals surface area contributed by atoms with E-state index in [-0.39, 0.29) is 5.82 Å². The van der Waals surface area contributed by atoms with Crippen LogP contribution in [0.1, 0.15) is 17.4 Å². The summed E-state index contributed by atoms with van der Waals surface area (Å²) in [6.07, 6.45) is 3.04. The Hall–Kier alpha value is -3.05. The largest absolute Gasteiger partial charge is 0.497 e. The highest BCUT2D eigenvalue weighted by atomic mass is 32.2. The van der Waals surface area contributed by atoms with Gasteiger partial charge in [0.1, 0.15) is 28.3 Å². The van der Waals surface area contributed by atoms with E-state index in [4.69, 9.17) is 9.47 Å². The molecule has 1 unspecified atom stereocenters. The standard InChI is InChI=1S/C19H18F3N3O4S/c1-25-7-6-23-19(25)18(11-8-12(28-2)10-13(9-11)29-3)24-30(26,27)15-5-4-14(20)16(21)17(15)22/h4-10,18,24H,1-3H3. The minimum absolute atomic E-state index is 0.261. The lowest BCUT2D eigenvalue weighted by atomic mass is 10.1. The van der Waals surface area contributed by atoms with Gasteiger partial charge in [0, 0.05) is 25.5 Å². The first kappa shape index (κ1) is 21.7. The molecule has 0 aliphatic heterocycles. The number of nitrogens with zero attached hydrogens (tertiary/aromatic N) is 2. The molecule has 0 spiro atoms. The smallest absolute Gasteiger partial charge is 0.244 e. The molecule has 1 N–H and O–H groups in total. The van der Waals surface area contributed by atoms with Gasteiger partial charge in [-0.15, -0.1) is 0 Å². The van der Waals surface area contributed by atoms with Gasteiger partial charge in [0.2, 0.25) is 10.0 Å². The molecule has 30 heavy (non-hydrogen) atoms. The molecule has 160 valence electrons. The van der Waals surface area contributed by atoms with Gasteiger partial charge >= 0.3 is 0 Å². The third-order valence-corrected chi connectivity index (χ3v) is 5.83. The van der Waals surface area contributed by atoms with Crippen molar-refractivity contribution in [3.63, 3.8) is 0 Å². The fraction of sp³-hybridized carbons (Fsp3) is 0.211.